The maximum Gasteiger partial charge on any atom is 0.333 e. The van der Waals surface area contributed by atoms with Gasteiger partial charge in [-0.05, 0) is 58.2 Å². The number of amides is 1. The first-order valence-corrected chi connectivity index (χ1v) is 10.8. The van der Waals surface area contributed by atoms with Crippen LogP contribution in [0.15, 0.2) is 39.2 Å². The summed E-state index contributed by atoms with van der Waals surface area (Å²) in [6.07, 6.45) is 7.07. The van der Waals surface area contributed by atoms with Gasteiger partial charge in [-0.2, -0.15) is 5.10 Å². The summed E-state index contributed by atoms with van der Waals surface area (Å²) in [6, 6.07) is 4.12. The Morgan fingerprint density at radius 2 is 2.09 bits per heavy atom. The number of rotatable bonds is 6. The fraction of sp³-hybridized carbons (Fsp3) is 0.571. The number of hydrogen-bond acceptors (Lipinski definition) is 8. The highest BCUT2D eigenvalue weighted by atomic mass is 16.5. The van der Waals surface area contributed by atoms with Gasteiger partial charge in [-0.3, -0.25) is 9.69 Å². The van der Waals surface area contributed by atoms with Crippen molar-refractivity contribution in [3.63, 3.8) is 0 Å². The van der Waals surface area contributed by atoms with E-state index in [0.717, 1.165) is 37.8 Å². The zero-order valence-corrected chi connectivity index (χ0v) is 18.3. The summed E-state index contributed by atoms with van der Waals surface area (Å²) in [7, 11) is 2.08. The Morgan fingerprint density at radius 3 is 2.72 bits per heavy atom. The number of aliphatic imine (C=N–C) groups is 1. The topological polar surface area (TPSA) is 139 Å². The van der Waals surface area contributed by atoms with Gasteiger partial charge in [0.2, 0.25) is 5.91 Å². The van der Waals surface area contributed by atoms with Crippen molar-refractivity contribution >= 4 is 24.0 Å². The molecule has 0 unspecified atom stereocenters. The van der Waals surface area contributed by atoms with Gasteiger partial charge in [0.15, 0.2) is 5.82 Å². The van der Waals surface area contributed by atoms with Crippen molar-refractivity contribution in [2.45, 2.75) is 57.7 Å². The third-order valence-corrected chi connectivity index (χ3v) is 6.72. The van der Waals surface area contributed by atoms with Crippen LogP contribution in [0.3, 0.4) is 0 Å². The molecule has 0 radical (unpaired) electrons. The lowest BCUT2D eigenvalue weighted by atomic mass is 9.70. The van der Waals surface area contributed by atoms with Crippen LogP contribution >= 0.6 is 0 Å². The number of nitrogens with zero attached hydrogens (tertiary/aromatic N) is 7. The number of esters is 1. The molecule has 1 atom stereocenters. The molecule has 3 heterocycles. The van der Waals surface area contributed by atoms with E-state index >= 15 is 0 Å². The molecular weight excluding hydrogens is 412 g/mol. The lowest BCUT2D eigenvalue weighted by molar-refractivity contribution is -0.138. The number of nitrogens with two attached hydrogens (primary N) is 1. The average Bonchev–Trinajstić information content (AvgIpc) is 3.30. The third kappa shape index (κ3) is 4.38. The lowest BCUT2D eigenvalue weighted by Gasteiger charge is -2.39. The Morgan fingerprint density at radius 1 is 1.31 bits per heavy atom. The summed E-state index contributed by atoms with van der Waals surface area (Å²) in [4.78, 5) is 32.8. The Kier molecular flexibility index (Phi) is 6.26. The van der Waals surface area contributed by atoms with E-state index in [1.165, 1.54) is 12.4 Å². The van der Waals surface area contributed by atoms with Crippen molar-refractivity contribution in [1.82, 2.24) is 20.0 Å². The van der Waals surface area contributed by atoms with E-state index in [1.54, 1.807) is 11.0 Å². The van der Waals surface area contributed by atoms with Crippen LogP contribution in [0.4, 0.5) is 5.82 Å². The van der Waals surface area contributed by atoms with Crippen LogP contribution < -0.4 is 5.84 Å². The van der Waals surface area contributed by atoms with Crippen LogP contribution in [0.5, 0.6) is 0 Å². The number of likely N-dealkylation sites (tertiary alicyclic amines) is 1. The van der Waals surface area contributed by atoms with Gasteiger partial charge < -0.3 is 15.5 Å². The molecule has 0 aromatic carbocycles. The molecule has 11 heteroatoms. The summed E-state index contributed by atoms with van der Waals surface area (Å²) in [5.74, 6) is 5.14. The minimum Gasteiger partial charge on any atom is -0.456 e. The maximum absolute atomic E-state index is 13.3. The largest absolute Gasteiger partial charge is 0.456 e. The highest BCUT2D eigenvalue weighted by Gasteiger charge is 2.53. The van der Waals surface area contributed by atoms with E-state index in [9.17, 15) is 9.59 Å². The molecule has 1 spiro atoms. The van der Waals surface area contributed by atoms with E-state index in [1.807, 2.05) is 6.07 Å². The zero-order valence-electron chi connectivity index (χ0n) is 18.3. The van der Waals surface area contributed by atoms with Gasteiger partial charge in [-0.25, -0.2) is 9.79 Å². The van der Waals surface area contributed by atoms with Crippen molar-refractivity contribution in [3.05, 3.63) is 29.6 Å². The van der Waals surface area contributed by atoms with Crippen LogP contribution in [-0.2, 0) is 20.9 Å². The van der Waals surface area contributed by atoms with Crippen LogP contribution in [0.1, 0.15) is 44.7 Å². The Balaban J connectivity index is 1.34. The van der Waals surface area contributed by atoms with Crippen LogP contribution in [0.2, 0.25) is 0 Å². The summed E-state index contributed by atoms with van der Waals surface area (Å²) in [5, 5.41) is 14.8. The first-order chi connectivity index (χ1) is 15.4. The molecule has 170 valence electrons. The van der Waals surface area contributed by atoms with Crippen LogP contribution in [-0.4, -0.2) is 64.0 Å². The predicted octanol–water partition coefficient (Wildman–Crippen LogP) is 1.88. The highest BCUT2D eigenvalue weighted by Crippen LogP contribution is 2.49. The molecule has 4 rings (SSSR count). The standard InChI is InChI=1S/C21H28N8O3/c1-14-10-21(20(31)29(14)17-9-19(30)32-12-17)7-5-16(6-8-21)28(2)11-15-3-4-18(26-25-15)23-13-24-27-22/h3-4,9,13-14,16H,5-8,10-12H2,1-2H3,(H2,22,23,24,26)/t14-,16?,21?/m0/s1. The predicted molar refractivity (Wildman–Crippen MR) is 115 cm³/mol. The van der Waals surface area contributed by atoms with E-state index in [2.05, 4.69) is 44.4 Å². The monoisotopic (exact) mass is 440 g/mol. The van der Waals surface area contributed by atoms with Crippen molar-refractivity contribution in [2.75, 3.05) is 13.7 Å². The van der Waals surface area contributed by atoms with Gasteiger partial charge >= 0.3 is 5.97 Å². The second-order valence-corrected chi connectivity index (χ2v) is 8.76. The number of hydrogen-bond donors (Lipinski definition) is 1. The smallest absolute Gasteiger partial charge is 0.333 e. The third-order valence-electron chi connectivity index (χ3n) is 6.72. The second kappa shape index (κ2) is 9.11. The molecule has 1 aromatic rings. The van der Waals surface area contributed by atoms with Crippen LogP contribution in [0, 0.1) is 5.41 Å². The molecule has 1 aromatic heterocycles. The molecule has 32 heavy (non-hydrogen) atoms. The molecule has 1 saturated heterocycles. The zero-order chi connectivity index (χ0) is 22.7. The maximum atomic E-state index is 13.3. The van der Waals surface area contributed by atoms with E-state index in [4.69, 9.17) is 10.6 Å². The minimum absolute atomic E-state index is 0.0836. The summed E-state index contributed by atoms with van der Waals surface area (Å²) in [5.41, 5.74) is 1.21. The average molecular weight is 441 g/mol. The van der Waals surface area contributed by atoms with Gasteiger partial charge in [-0.15, -0.1) is 10.2 Å². The van der Waals surface area contributed by atoms with E-state index in [-0.39, 0.29) is 29.9 Å². The molecule has 2 aliphatic heterocycles. The molecule has 3 aliphatic rings. The van der Waals surface area contributed by atoms with Gasteiger partial charge in [-0.1, -0.05) is 5.22 Å². The summed E-state index contributed by atoms with van der Waals surface area (Å²) < 4.78 is 5.02. The summed E-state index contributed by atoms with van der Waals surface area (Å²) >= 11 is 0. The Bertz CT molecular complexity index is 950. The minimum atomic E-state index is -0.365. The fourth-order valence-corrected chi connectivity index (χ4v) is 5.14. The molecule has 11 nitrogen and oxygen atoms in total. The molecule has 2 fully saturated rings. The fourth-order valence-electron chi connectivity index (χ4n) is 5.14. The second-order valence-electron chi connectivity index (χ2n) is 8.76. The normalized spacial score (nSPS) is 28.5. The Hall–Kier alpha value is -3.21. The van der Waals surface area contributed by atoms with Crippen molar-refractivity contribution < 1.29 is 14.3 Å². The Labute approximate surface area is 186 Å². The molecule has 0 bridgehead atoms. The lowest BCUT2D eigenvalue weighted by Crippen LogP contribution is -2.42. The van der Waals surface area contributed by atoms with Gasteiger partial charge in [0, 0.05) is 24.7 Å². The number of cyclic esters (lactones) is 1. The molecule has 2 N–H and O–H groups in total. The van der Waals surface area contributed by atoms with Gasteiger partial charge in [0.1, 0.15) is 12.9 Å². The van der Waals surface area contributed by atoms with E-state index in [0.29, 0.717) is 24.1 Å². The molecular formula is C21H28N8O3. The highest BCUT2D eigenvalue weighted by molar-refractivity contribution is 5.91. The van der Waals surface area contributed by atoms with Crippen molar-refractivity contribution in [3.8, 4) is 0 Å². The van der Waals surface area contributed by atoms with Crippen molar-refractivity contribution in [2.24, 2.45) is 26.6 Å². The quantitative estimate of drug-likeness (QED) is 0.178. The molecule has 1 aliphatic carbocycles. The first kappa shape index (κ1) is 22.0. The summed E-state index contributed by atoms with van der Waals surface area (Å²) in [6.45, 7) is 2.92. The van der Waals surface area contributed by atoms with Crippen LogP contribution in [0.25, 0.3) is 0 Å². The number of ether oxygens (including phenoxy) is 1. The number of carbonyl (C=O) groups excluding carboxylic acids is 2. The SMILES string of the molecule is C[C@H]1CC2(CCC(N(C)Cc3ccc(N=CN=NN)nn3)CC2)C(=O)N1C1=CC(=O)OC1. The van der Waals surface area contributed by atoms with E-state index < -0.39 is 0 Å². The number of carbonyl (C=O) groups is 2. The molecule has 1 saturated carbocycles. The van der Waals surface area contributed by atoms with Crippen molar-refractivity contribution in [1.29, 1.82) is 0 Å². The molecule has 1 amide bonds. The number of aromatic nitrogens is 2. The van der Waals surface area contributed by atoms with Gasteiger partial charge in [0.05, 0.1) is 16.8 Å². The van der Waals surface area contributed by atoms with Gasteiger partial charge in [0.25, 0.3) is 0 Å². The first-order valence-electron chi connectivity index (χ1n) is 10.8.